The van der Waals surface area contributed by atoms with E-state index in [4.69, 9.17) is 4.74 Å². The molecule has 5 nitrogen and oxygen atoms in total. The largest absolute Gasteiger partial charge is 0.457 e. The first-order valence-corrected chi connectivity index (χ1v) is 5.79. The van der Waals surface area contributed by atoms with Crippen LogP contribution >= 0.6 is 0 Å². The zero-order chi connectivity index (χ0) is 11.5. The molecule has 16 heavy (non-hydrogen) atoms. The Labute approximate surface area is 94.3 Å². The van der Waals surface area contributed by atoms with Crippen molar-refractivity contribution in [3.05, 3.63) is 24.9 Å². The summed E-state index contributed by atoms with van der Waals surface area (Å²) in [4.78, 5) is 17.4. The standard InChI is InChI=1S/C10H10N2O3S/c1-2-6-15-9(13)8-7-12-5-3-4-11-10(12)16(8)14/h2-5H,1,6-7H2. The van der Waals surface area contributed by atoms with E-state index in [2.05, 4.69) is 11.6 Å². The fourth-order valence-corrected chi connectivity index (χ4v) is 2.52. The lowest BCUT2D eigenvalue weighted by atomic mass is 10.4. The van der Waals surface area contributed by atoms with E-state index in [0.29, 0.717) is 5.11 Å². The molecule has 6 heteroatoms. The first kappa shape index (κ1) is 10.7. The van der Waals surface area contributed by atoms with Gasteiger partial charge < -0.3 is 9.64 Å². The number of allylic oxidation sites excluding steroid dienone is 1. The maximum absolute atomic E-state index is 11.9. The lowest BCUT2D eigenvalue weighted by Gasteiger charge is -2.14. The summed E-state index contributed by atoms with van der Waals surface area (Å²) < 4.78 is 16.7. The Morgan fingerprint density at radius 3 is 3.25 bits per heavy atom. The smallest absolute Gasteiger partial charge is 0.348 e. The van der Waals surface area contributed by atoms with Crippen LogP contribution in [-0.4, -0.2) is 44.4 Å². The van der Waals surface area contributed by atoms with Gasteiger partial charge in [0.05, 0.1) is 16.5 Å². The van der Waals surface area contributed by atoms with Gasteiger partial charge in [-0.25, -0.2) is 14.0 Å². The summed E-state index contributed by atoms with van der Waals surface area (Å²) in [6.45, 7) is 3.83. The van der Waals surface area contributed by atoms with E-state index in [1.54, 1.807) is 23.4 Å². The number of rotatable bonds is 3. The number of carbonyl (C=O) groups is 1. The highest BCUT2D eigenvalue weighted by molar-refractivity contribution is 7.86. The Bertz CT molecular complexity index is 542. The summed E-state index contributed by atoms with van der Waals surface area (Å²) in [6, 6.07) is 0. The van der Waals surface area contributed by atoms with Gasteiger partial charge in [-0.2, -0.15) is 0 Å². The first-order valence-electron chi connectivity index (χ1n) is 4.64. The maximum atomic E-state index is 11.9. The molecule has 0 aromatic carbocycles. The van der Waals surface area contributed by atoms with Crippen LogP contribution in [0.5, 0.6) is 0 Å². The average molecular weight is 238 g/mol. The second-order valence-electron chi connectivity index (χ2n) is 3.11. The second kappa shape index (κ2) is 4.36. The van der Waals surface area contributed by atoms with E-state index >= 15 is 0 Å². The van der Waals surface area contributed by atoms with E-state index in [1.807, 2.05) is 0 Å². The number of esters is 1. The van der Waals surface area contributed by atoms with E-state index in [9.17, 15) is 9.00 Å². The molecule has 0 saturated carbocycles. The van der Waals surface area contributed by atoms with E-state index in [-0.39, 0.29) is 18.0 Å². The molecule has 0 atom stereocenters. The van der Waals surface area contributed by atoms with Gasteiger partial charge in [-0.3, -0.25) is 0 Å². The molecule has 0 spiro atoms. The van der Waals surface area contributed by atoms with Crippen molar-refractivity contribution in [2.24, 2.45) is 4.99 Å². The Hall–Kier alpha value is -1.82. The van der Waals surface area contributed by atoms with Crippen LogP contribution in [-0.2, 0) is 19.5 Å². The summed E-state index contributed by atoms with van der Waals surface area (Å²) in [7, 11) is -1.51. The summed E-state index contributed by atoms with van der Waals surface area (Å²) in [5.41, 5.74) is 0. The molecule has 2 rings (SSSR count). The summed E-state index contributed by atoms with van der Waals surface area (Å²) in [6.07, 6.45) is 6.46. The topological polar surface area (TPSA) is 59.0 Å². The predicted octanol–water partition coefficient (Wildman–Crippen LogP) is -0.362. The third kappa shape index (κ3) is 1.79. The first-order chi connectivity index (χ1) is 7.74. The fourth-order valence-electron chi connectivity index (χ4n) is 1.34. The lowest BCUT2D eigenvalue weighted by molar-refractivity contribution is -0.134. The van der Waals surface area contributed by atoms with Crippen LogP contribution in [0.25, 0.3) is 0 Å². The molecule has 0 amide bonds. The summed E-state index contributed by atoms with van der Waals surface area (Å²) in [5.74, 6) is -0.552. The monoisotopic (exact) mass is 238 g/mol. The Morgan fingerprint density at radius 1 is 1.75 bits per heavy atom. The van der Waals surface area contributed by atoms with Crippen molar-refractivity contribution in [1.29, 1.82) is 0 Å². The van der Waals surface area contributed by atoms with Crippen molar-refractivity contribution >= 4 is 32.1 Å². The third-order valence-corrected chi connectivity index (χ3v) is 3.46. The Morgan fingerprint density at radius 2 is 2.56 bits per heavy atom. The molecule has 0 fully saturated rings. The zero-order valence-electron chi connectivity index (χ0n) is 8.46. The zero-order valence-corrected chi connectivity index (χ0v) is 9.27. The number of aliphatic imine (C=N–C) groups is 1. The number of fused-ring (bicyclic) bond motifs is 1. The molecule has 0 aliphatic carbocycles. The van der Waals surface area contributed by atoms with Gasteiger partial charge in [0.1, 0.15) is 11.5 Å². The van der Waals surface area contributed by atoms with Crippen LogP contribution < -0.4 is 0 Å². The molecule has 2 heterocycles. The number of carbonyl (C=O) groups excluding carboxylic acids is 1. The van der Waals surface area contributed by atoms with Gasteiger partial charge in [-0.05, 0) is 6.08 Å². The van der Waals surface area contributed by atoms with Gasteiger partial charge in [0.15, 0.2) is 0 Å². The quantitative estimate of drug-likeness (QED) is 0.383. The molecule has 84 valence electrons. The molecule has 0 radical (unpaired) electrons. The third-order valence-electron chi connectivity index (χ3n) is 2.05. The predicted molar refractivity (Wildman–Crippen MR) is 63.7 cm³/mol. The number of nitrogens with zero attached hydrogens (tertiary/aromatic N) is 2. The van der Waals surface area contributed by atoms with Gasteiger partial charge in [-0.1, -0.05) is 12.7 Å². The van der Waals surface area contributed by atoms with Crippen molar-refractivity contribution in [3.8, 4) is 0 Å². The minimum atomic E-state index is -1.51. The van der Waals surface area contributed by atoms with Crippen LogP contribution in [0.1, 0.15) is 0 Å². The van der Waals surface area contributed by atoms with Gasteiger partial charge in [0.25, 0.3) is 0 Å². The highest BCUT2D eigenvalue weighted by atomic mass is 32.1. The highest BCUT2D eigenvalue weighted by Crippen LogP contribution is 2.06. The van der Waals surface area contributed by atoms with Crippen molar-refractivity contribution in [2.75, 3.05) is 13.2 Å². The van der Waals surface area contributed by atoms with Crippen LogP contribution in [0.15, 0.2) is 29.9 Å². The molecule has 0 aromatic heterocycles. The van der Waals surface area contributed by atoms with Crippen molar-refractivity contribution in [1.82, 2.24) is 4.90 Å². The maximum Gasteiger partial charge on any atom is 0.348 e. The molecule has 0 bridgehead atoms. The van der Waals surface area contributed by atoms with Crippen molar-refractivity contribution in [3.63, 3.8) is 0 Å². The number of hydrogen-bond acceptors (Lipinski definition) is 5. The molecule has 0 unspecified atom stereocenters. The van der Waals surface area contributed by atoms with Gasteiger partial charge >= 0.3 is 5.97 Å². The second-order valence-corrected chi connectivity index (χ2v) is 4.50. The van der Waals surface area contributed by atoms with E-state index in [0.717, 1.165) is 0 Å². The molecule has 2 aliphatic heterocycles. The summed E-state index contributed by atoms with van der Waals surface area (Å²) >= 11 is 0. The fraction of sp³-hybridized carbons (Fsp3) is 0.200. The lowest BCUT2D eigenvalue weighted by Crippen LogP contribution is -2.29. The van der Waals surface area contributed by atoms with Crippen LogP contribution in [0.3, 0.4) is 0 Å². The molecule has 2 aliphatic rings. The van der Waals surface area contributed by atoms with Crippen LogP contribution in [0.2, 0.25) is 0 Å². The molecule has 0 aromatic rings. The molecule has 0 saturated heterocycles. The van der Waals surface area contributed by atoms with Crippen molar-refractivity contribution < 1.29 is 13.7 Å². The average Bonchev–Trinajstić information content (AvgIpc) is 2.64. The van der Waals surface area contributed by atoms with E-state index < -0.39 is 15.9 Å². The molecular formula is C10H10N2O3S. The normalized spacial score (nSPS) is 17.8. The van der Waals surface area contributed by atoms with Crippen LogP contribution in [0.4, 0.5) is 0 Å². The van der Waals surface area contributed by atoms with Crippen molar-refractivity contribution in [2.45, 2.75) is 0 Å². The Kier molecular flexibility index (Phi) is 2.91. The summed E-state index contributed by atoms with van der Waals surface area (Å²) in [5, 5.41) is 0.382. The van der Waals surface area contributed by atoms with Gasteiger partial charge in [0.2, 0.25) is 5.11 Å². The minimum absolute atomic E-state index is 0.119. The Balaban J connectivity index is 2.28. The van der Waals surface area contributed by atoms with E-state index in [1.165, 1.54) is 6.08 Å². The molecule has 0 N–H and O–H groups in total. The minimum Gasteiger partial charge on any atom is -0.457 e. The number of hydrogen-bond donors (Lipinski definition) is 0. The number of ether oxygens (including phenoxy) is 1. The molecular weight excluding hydrogens is 228 g/mol. The van der Waals surface area contributed by atoms with Gasteiger partial charge in [-0.15, -0.1) is 0 Å². The van der Waals surface area contributed by atoms with Gasteiger partial charge in [0, 0.05) is 12.4 Å². The highest BCUT2D eigenvalue weighted by Gasteiger charge is 2.26. The van der Waals surface area contributed by atoms with Crippen LogP contribution in [0, 0.1) is 0 Å². The SMILES string of the molecule is C=CCOC(=O)C1=S(=O)=C2N=CC=CN2C1.